The number of aromatic carboxylic acids is 2. The van der Waals surface area contributed by atoms with Crippen molar-refractivity contribution in [3.05, 3.63) is 295 Å². The molecule has 4 fully saturated rings. The van der Waals surface area contributed by atoms with Gasteiger partial charge in [-0.05, 0) is 113 Å². The number of esters is 2. The molecule has 5 N–H and O–H groups in total. The Kier molecular flexibility index (Phi) is 36.3. The summed E-state index contributed by atoms with van der Waals surface area (Å²) in [5.41, 5.74) is 13.7. The summed E-state index contributed by atoms with van der Waals surface area (Å²) in [6.07, 6.45) is 14.1. The predicted octanol–water partition coefficient (Wildman–Crippen LogP) is 10.8. The molecule has 8 aromatic carbocycles. The molecular weight excluding hydrogens is 1780 g/mol. The molecule has 0 bridgehead atoms. The molecule has 0 spiro atoms. The van der Waals surface area contributed by atoms with Gasteiger partial charge in [0.2, 0.25) is 23.8 Å². The van der Waals surface area contributed by atoms with E-state index in [0.717, 1.165) is 209 Å². The first-order chi connectivity index (χ1) is 64.7. The van der Waals surface area contributed by atoms with Crippen molar-refractivity contribution in [2.45, 2.75) is 7.43 Å². The van der Waals surface area contributed by atoms with Crippen molar-refractivity contribution in [1.82, 2.24) is 85.1 Å². The molecule has 680 valence electrons. The fraction of sp³-hybridized carbons (Fsp3) is 0.216. The molecule has 0 unspecified atom stereocenters. The number of ether oxygens (including phenoxy) is 2. The third-order valence-corrected chi connectivity index (χ3v) is 21.8. The minimum absolute atomic E-state index is 0. The number of aliphatic hydroxyl groups is 1. The molecule has 4 aliphatic rings. The number of methoxy groups -OCH3 is 2. The zero-order chi connectivity index (χ0) is 92.1. The quantitative estimate of drug-likeness (QED) is 0.0547. The second-order valence-electron chi connectivity index (χ2n) is 29.3. The van der Waals surface area contributed by atoms with Gasteiger partial charge in [-0.1, -0.05) is 129 Å². The number of fused-ring (bicyclic) bond motifs is 4. The Hall–Kier alpha value is -14.8. The van der Waals surface area contributed by atoms with Gasteiger partial charge in [-0.2, -0.15) is 0 Å². The van der Waals surface area contributed by atoms with Gasteiger partial charge in [0.15, 0.2) is 17.5 Å². The molecule has 0 amide bonds. The standard InChI is InChI=1S/C24H22N6O2.2C23H20N6O2.C16H11BrN2O2.C8H12N4.CH3F.CH4O.CH4.Na.H2O/c1-32-23(31)18-8-9-19-20(16-18)28-22(21(27-19)17-6-3-2-4-7-17)29-12-14-30(15-13-29)24-25-10-5-11-26-24;2*30-22(31)17-7-8-18-19(15-17)27-21(20(26-18)16-5-2-1-3-6-16)28-11-13-29(14-12-28)23-24-9-4-10-25-23;1-21-16(20)11-7-8-12-13(9-11)19-15(17)14(18-12)10-5-3-2-4-6-10;1-2-10-8(11-3-1)12-6-4-9-5-7-12;2*1-2;;;/h2-11,16H,12-15H2,1H3;2*1-10,15H,11-14H2,(H,30,31);2-9H,1H3;1-3,9H,4-7H2;1H3;2H,1H3;1H4;;1H2/q;;;;;;;;+1;/p-1/i;;;;;1D;;;;. The Morgan fingerprint density at radius 1 is 0.336 bits per heavy atom. The number of piperazine rings is 4. The largest absolute Gasteiger partial charge is 1.00 e. The van der Waals surface area contributed by atoms with E-state index in [0.29, 0.717) is 48.8 Å². The molecule has 34 nitrogen and oxygen atoms in total. The number of benzene rings is 8. The van der Waals surface area contributed by atoms with Gasteiger partial charge in [-0.3, -0.25) is 4.39 Å². The van der Waals surface area contributed by atoms with Gasteiger partial charge in [0.1, 0.15) is 27.4 Å². The van der Waals surface area contributed by atoms with E-state index in [-0.39, 0.29) is 65.5 Å². The third kappa shape index (κ3) is 25.1. The van der Waals surface area contributed by atoms with Crippen molar-refractivity contribution >= 4 is 125 Å². The van der Waals surface area contributed by atoms with Crippen LogP contribution in [0.3, 0.4) is 0 Å². The van der Waals surface area contributed by atoms with Crippen molar-refractivity contribution in [2.75, 3.05) is 167 Å². The van der Waals surface area contributed by atoms with E-state index in [1.807, 2.05) is 152 Å². The summed E-state index contributed by atoms with van der Waals surface area (Å²) >= 11 is 3.44. The van der Waals surface area contributed by atoms with Crippen molar-refractivity contribution in [1.29, 1.82) is 0 Å². The molecule has 134 heavy (non-hydrogen) atoms. The monoisotopic (exact) mass is 1880 g/mol. The van der Waals surface area contributed by atoms with Crippen LogP contribution in [0.4, 0.5) is 45.6 Å². The zero-order valence-corrected chi connectivity index (χ0v) is 76.8. The molecule has 0 radical (unpaired) electrons. The van der Waals surface area contributed by atoms with Gasteiger partial charge in [0, 0.05) is 184 Å². The number of carbonyl (C=O) groups excluding carboxylic acids is 2. The fourth-order valence-electron chi connectivity index (χ4n) is 14.8. The number of nitrogens with zero attached hydrogens (tertiary/aromatic N) is 23. The smallest absolute Gasteiger partial charge is 0.870 e. The average molecular weight is 1880 g/mol. The van der Waals surface area contributed by atoms with Gasteiger partial charge < -0.3 is 69.9 Å². The molecule has 20 rings (SSSR count). The normalized spacial score (nSPS) is 13.3. The van der Waals surface area contributed by atoms with Gasteiger partial charge in [0.25, 0.3) is 0 Å². The van der Waals surface area contributed by atoms with E-state index in [4.69, 9.17) is 45.9 Å². The van der Waals surface area contributed by atoms with E-state index in [2.05, 4.69) is 105 Å². The van der Waals surface area contributed by atoms with Crippen LogP contribution in [0.2, 0.25) is 0 Å². The van der Waals surface area contributed by atoms with Crippen LogP contribution in [0, 0.1) is 0 Å². The van der Waals surface area contributed by atoms with Gasteiger partial charge >= 0.3 is 53.4 Å². The molecule has 4 saturated heterocycles. The number of rotatable bonds is 15. The average Bonchev–Trinajstić information content (AvgIpc) is 0.775. The number of halogens is 2. The number of hydrogen-bond donors (Lipinski definition) is 4. The number of nitrogens with one attached hydrogen (secondary N) is 1. The second kappa shape index (κ2) is 49.5. The van der Waals surface area contributed by atoms with Crippen LogP contribution in [0.25, 0.3) is 89.2 Å². The number of anilines is 7. The number of carbonyl (C=O) groups is 4. The van der Waals surface area contributed by atoms with Crippen LogP contribution < -0.4 is 69.2 Å². The number of hydrogen-bond acceptors (Lipinski definition) is 32. The predicted molar refractivity (Wildman–Crippen MR) is 515 cm³/mol. The molecule has 12 heterocycles. The summed E-state index contributed by atoms with van der Waals surface area (Å²) in [6.45, 7) is 13.1. The molecule has 0 saturated carbocycles. The summed E-state index contributed by atoms with van der Waals surface area (Å²) in [6, 6.07) is 67.1. The first-order valence-corrected chi connectivity index (χ1v) is 42.6. The Morgan fingerprint density at radius 3 is 0.836 bits per heavy atom. The van der Waals surface area contributed by atoms with Crippen molar-refractivity contribution in [2.24, 2.45) is 0 Å². The number of alkyl halides is 1. The summed E-state index contributed by atoms with van der Waals surface area (Å²) in [4.78, 5) is 135. The van der Waals surface area contributed by atoms with Crippen LogP contribution in [0.5, 0.6) is 0 Å². The zero-order valence-electron chi connectivity index (χ0n) is 74.2. The number of carboxylic acid groups (broad SMARTS) is 2. The number of carboxylic acids is 2. The van der Waals surface area contributed by atoms with Gasteiger partial charge in [-0.15, -0.1) is 0 Å². The topological polar surface area (TPSA) is 418 Å². The van der Waals surface area contributed by atoms with E-state index in [1.165, 1.54) is 14.2 Å². The number of aliphatic hydroxyl groups excluding tert-OH is 1. The Balaban J connectivity index is 0.000000163. The summed E-state index contributed by atoms with van der Waals surface area (Å²) in [5, 5.41) is 29.0. The molecular formula is C97H97BrFN24NaO10. The molecule has 0 aliphatic carbocycles. The van der Waals surface area contributed by atoms with E-state index >= 15 is 0 Å². The molecule has 0 atom stereocenters. The SMILES string of the molecule is C.CO.COC(=O)c1ccc2nc(-c3ccccc3)c(Br)nc2c1.COC(=O)c1ccc2nc(-c3ccccc3)c(N3CCN(c4ncccn4)CC3)nc2c1.O=C(O)c1ccc2nc(-c3ccccc3)c(N3CCN(c4ncccn4)CC3)nc2c1.O=C(O)c1ccc2nc(-c3ccccc3)c(N3CCN(c4ncccn4)CC3)nc2c1.[2H]CF.[Na+].[OH-].c1cnc(N2CCNCC2)nc1. The van der Waals surface area contributed by atoms with Crippen LogP contribution >= 0.6 is 15.9 Å². The minimum atomic E-state index is -1.00. The maximum absolute atomic E-state index is 12.0. The van der Waals surface area contributed by atoms with E-state index in [1.54, 1.807) is 116 Å². The maximum atomic E-state index is 12.0. The second-order valence-corrected chi connectivity index (χ2v) is 30.0. The minimum Gasteiger partial charge on any atom is -0.870 e. The molecule has 4 aliphatic heterocycles. The van der Waals surface area contributed by atoms with Crippen molar-refractivity contribution in [3.63, 3.8) is 0 Å². The molecule has 8 aromatic heterocycles. The molecule has 16 aromatic rings. The summed E-state index contributed by atoms with van der Waals surface area (Å²) in [7, 11) is 2.73. The van der Waals surface area contributed by atoms with Crippen LogP contribution in [-0.2, 0) is 9.47 Å². The van der Waals surface area contributed by atoms with Crippen LogP contribution in [0.1, 0.15) is 50.2 Å². The van der Waals surface area contributed by atoms with Crippen molar-refractivity contribution in [3.8, 4) is 45.0 Å². The Bertz CT molecular complexity index is 6340. The van der Waals surface area contributed by atoms with E-state index in [9.17, 15) is 33.8 Å². The van der Waals surface area contributed by atoms with E-state index < -0.39 is 19.1 Å². The first-order valence-electron chi connectivity index (χ1n) is 42.5. The number of aromatic nitrogens is 16. The van der Waals surface area contributed by atoms with Crippen molar-refractivity contribution < 1.29 is 84.8 Å². The maximum Gasteiger partial charge on any atom is 1.00 e. The van der Waals surface area contributed by atoms with Gasteiger partial charge in [0.05, 0.1) is 89.1 Å². The third-order valence-electron chi connectivity index (χ3n) is 21.3. The summed E-state index contributed by atoms with van der Waals surface area (Å²) < 4.78 is 25.7. The summed E-state index contributed by atoms with van der Waals surface area (Å²) in [5.74, 6) is 2.62. The van der Waals surface area contributed by atoms with Crippen LogP contribution in [0.15, 0.2) is 273 Å². The Morgan fingerprint density at radius 2 is 0.567 bits per heavy atom. The Labute approximate surface area is 804 Å². The van der Waals surface area contributed by atoms with Gasteiger partial charge in [-0.25, -0.2) is 98.9 Å². The van der Waals surface area contributed by atoms with Crippen LogP contribution in [-0.4, -0.2) is 258 Å². The fourth-order valence-corrected chi connectivity index (χ4v) is 15.3. The first kappa shape index (κ1) is 98.2. The molecule has 37 heteroatoms.